The van der Waals surface area contributed by atoms with Gasteiger partial charge in [-0.3, -0.25) is 14.9 Å². The number of non-ortho nitro benzene ring substituents is 1. The lowest BCUT2D eigenvalue weighted by atomic mass is 10.2. The summed E-state index contributed by atoms with van der Waals surface area (Å²) >= 11 is -0.333. The van der Waals surface area contributed by atoms with Gasteiger partial charge in [-0.1, -0.05) is 0 Å². The predicted molar refractivity (Wildman–Crippen MR) is 83.5 cm³/mol. The molecule has 2 aliphatic rings. The Labute approximate surface area is 134 Å². The van der Waals surface area contributed by atoms with Gasteiger partial charge in [-0.2, -0.15) is 0 Å². The van der Waals surface area contributed by atoms with Crippen LogP contribution in [-0.4, -0.2) is 38.7 Å². The highest BCUT2D eigenvalue weighted by molar-refractivity contribution is 7.96. The quantitative estimate of drug-likeness (QED) is 0.264. The molecule has 3 rings (SSSR count). The number of esters is 1. The minimum absolute atomic E-state index is 0.00873. The summed E-state index contributed by atoms with van der Waals surface area (Å²) in [6.07, 6.45) is 0.430. The second kappa shape index (κ2) is 5.99. The predicted octanol–water partition coefficient (Wildman–Crippen LogP) is 1.16. The van der Waals surface area contributed by atoms with Crippen LogP contribution < -0.4 is 0 Å². The van der Waals surface area contributed by atoms with Gasteiger partial charge in [0.25, 0.3) is 11.5 Å². The topological polar surface area (TPSA) is 102 Å². The Hall–Kier alpha value is -2.42. The number of β-lactam (4-membered cyclic amide) rings is 1. The maximum absolute atomic E-state index is 12.1. The molecule has 1 fully saturated rings. The first-order valence-electron chi connectivity index (χ1n) is 7.02. The van der Waals surface area contributed by atoms with Gasteiger partial charge in [0.1, 0.15) is 12.4 Å². The van der Waals surface area contributed by atoms with Gasteiger partial charge in [-0.15, -0.1) is 0 Å². The van der Waals surface area contributed by atoms with Gasteiger partial charge < -0.3 is 4.74 Å². The first kappa shape index (κ1) is 15.5. The maximum Gasteiger partial charge on any atom is 0.379 e. The number of nitro groups is 1. The van der Waals surface area contributed by atoms with Gasteiger partial charge in [0.05, 0.1) is 11.3 Å². The Kier molecular flexibility index (Phi) is 4.03. The van der Waals surface area contributed by atoms with Crippen LogP contribution in [0.2, 0.25) is 0 Å². The van der Waals surface area contributed by atoms with Gasteiger partial charge in [0, 0.05) is 12.1 Å². The number of hydrogen-bond acceptors (Lipinski definition) is 6. The zero-order valence-electron chi connectivity index (χ0n) is 12.3. The summed E-state index contributed by atoms with van der Waals surface area (Å²) in [5, 5.41) is 10.6. The second-order valence-corrected chi connectivity index (χ2v) is 7.13. The van der Waals surface area contributed by atoms with Crippen molar-refractivity contribution in [1.82, 2.24) is 4.90 Å². The zero-order chi connectivity index (χ0) is 16.6. The summed E-state index contributed by atoms with van der Waals surface area (Å²) in [6.45, 7) is 1.95. The Morgan fingerprint density at radius 2 is 2.17 bits per heavy atom. The number of amidine groups is 1. The van der Waals surface area contributed by atoms with E-state index >= 15 is 0 Å². The van der Waals surface area contributed by atoms with Crippen molar-refractivity contribution in [3.63, 3.8) is 0 Å². The molecule has 8 nitrogen and oxygen atoms in total. The minimum Gasteiger partial charge on any atom is -0.455 e. The number of rotatable bonds is 5. The fourth-order valence-electron chi connectivity index (χ4n) is 2.40. The molecule has 0 N–H and O–H groups in total. The highest BCUT2D eigenvalue weighted by Gasteiger charge is 2.58. The average molecular weight is 336 g/mol. The smallest absolute Gasteiger partial charge is 0.379 e. The SMILES string of the molecule is CC[S+]1N=C(C(=O)OCc2ccc([N+](=O)[O-])cc2)N2C(=O)CC21. The molecule has 120 valence electrons. The van der Waals surface area contributed by atoms with E-state index in [2.05, 4.69) is 4.40 Å². The third kappa shape index (κ3) is 2.79. The summed E-state index contributed by atoms with van der Waals surface area (Å²) in [5.41, 5.74) is 0.602. The Morgan fingerprint density at radius 1 is 1.48 bits per heavy atom. The Morgan fingerprint density at radius 3 is 2.74 bits per heavy atom. The number of carbonyl (C=O) groups excluding carboxylic acids is 2. The van der Waals surface area contributed by atoms with Crippen LogP contribution in [0.25, 0.3) is 0 Å². The molecule has 2 atom stereocenters. The number of ether oxygens (including phenoxy) is 1. The second-order valence-electron chi connectivity index (χ2n) is 5.03. The van der Waals surface area contributed by atoms with Crippen molar-refractivity contribution < 1.29 is 19.2 Å². The molecule has 2 aliphatic heterocycles. The van der Waals surface area contributed by atoms with Crippen molar-refractivity contribution in [2.24, 2.45) is 4.40 Å². The molecule has 0 aromatic heterocycles. The van der Waals surface area contributed by atoms with Crippen LogP contribution in [0.15, 0.2) is 28.7 Å². The number of hydrogen-bond donors (Lipinski definition) is 0. The van der Waals surface area contributed by atoms with E-state index in [1.165, 1.54) is 29.2 Å². The van der Waals surface area contributed by atoms with Crippen molar-refractivity contribution in [3.05, 3.63) is 39.9 Å². The van der Waals surface area contributed by atoms with E-state index in [0.717, 1.165) is 5.75 Å². The summed E-state index contributed by atoms with van der Waals surface area (Å²) in [7, 11) is 0. The van der Waals surface area contributed by atoms with E-state index in [-0.39, 0.29) is 40.5 Å². The number of amides is 1. The van der Waals surface area contributed by atoms with Crippen molar-refractivity contribution in [3.8, 4) is 0 Å². The van der Waals surface area contributed by atoms with E-state index in [1.54, 1.807) is 0 Å². The molecule has 1 saturated heterocycles. The molecule has 9 heteroatoms. The molecule has 1 aromatic rings. The summed E-state index contributed by atoms with van der Waals surface area (Å²) < 4.78 is 9.49. The van der Waals surface area contributed by atoms with Crippen molar-refractivity contribution in [2.45, 2.75) is 25.3 Å². The van der Waals surface area contributed by atoms with Crippen molar-refractivity contribution >= 4 is 34.5 Å². The first-order valence-corrected chi connectivity index (χ1v) is 8.43. The summed E-state index contributed by atoms with van der Waals surface area (Å²) in [6, 6.07) is 5.74. The molecule has 1 amide bonds. The van der Waals surface area contributed by atoms with E-state index < -0.39 is 10.9 Å². The average Bonchev–Trinajstić information content (AvgIpc) is 2.85. The van der Waals surface area contributed by atoms with Crippen LogP contribution in [0.3, 0.4) is 0 Å². The fourth-order valence-corrected chi connectivity index (χ4v) is 4.21. The molecule has 1 aromatic carbocycles. The lowest BCUT2D eigenvalue weighted by molar-refractivity contribution is -0.384. The van der Waals surface area contributed by atoms with Gasteiger partial charge in [-0.25, -0.2) is 9.69 Å². The van der Waals surface area contributed by atoms with E-state index in [1.807, 2.05) is 6.92 Å². The monoisotopic (exact) mass is 336 g/mol. The number of nitro benzene ring substituents is 1. The zero-order valence-corrected chi connectivity index (χ0v) is 13.1. The van der Waals surface area contributed by atoms with Gasteiger partial charge in [0.15, 0.2) is 11.1 Å². The molecule has 0 aliphatic carbocycles. The number of nitrogens with zero attached hydrogens (tertiary/aromatic N) is 3. The number of fused-ring (bicyclic) bond motifs is 1. The van der Waals surface area contributed by atoms with Gasteiger partial charge in [-0.05, 0) is 29.0 Å². The maximum atomic E-state index is 12.1. The fraction of sp³-hybridized carbons (Fsp3) is 0.357. The molecule has 0 saturated carbocycles. The molecule has 0 spiro atoms. The number of carbonyl (C=O) groups is 2. The number of benzene rings is 1. The van der Waals surface area contributed by atoms with Crippen LogP contribution in [0.5, 0.6) is 0 Å². The lowest BCUT2D eigenvalue weighted by Gasteiger charge is -2.29. The highest BCUT2D eigenvalue weighted by Crippen LogP contribution is 2.33. The van der Waals surface area contributed by atoms with Crippen LogP contribution in [0.4, 0.5) is 5.69 Å². The summed E-state index contributed by atoms with van der Waals surface area (Å²) in [5.74, 6) is 0.126. The van der Waals surface area contributed by atoms with Crippen molar-refractivity contribution in [2.75, 3.05) is 5.75 Å². The molecular formula is C14H14N3O5S+. The molecule has 2 unspecified atom stereocenters. The van der Waals surface area contributed by atoms with Gasteiger partial charge in [0.2, 0.25) is 11.3 Å². The summed E-state index contributed by atoms with van der Waals surface area (Å²) in [4.78, 5) is 35.3. The normalized spacial score (nSPS) is 22.2. The Balaban J connectivity index is 1.63. The third-order valence-corrected chi connectivity index (χ3v) is 5.65. The highest BCUT2D eigenvalue weighted by atomic mass is 32.2. The van der Waals surface area contributed by atoms with Crippen LogP contribution >= 0.6 is 0 Å². The van der Waals surface area contributed by atoms with E-state index in [0.29, 0.717) is 12.0 Å². The van der Waals surface area contributed by atoms with Crippen LogP contribution in [0, 0.1) is 10.1 Å². The van der Waals surface area contributed by atoms with E-state index in [9.17, 15) is 19.7 Å². The van der Waals surface area contributed by atoms with Crippen molar-refractivity contribution in [1.29, 1.82) is 0 Å². The molecular weight excluding hydrogens is 322 g/mol. The third-order valence-electron chi connectivity index (χ3n) is 3.65. The standard InChI is InChI=1S/C14H14N3O5S/c1-2-23-12-7-11(18)16(12)13(15-23)14(19)22-8-9-3-5-10(6-4-9)17(20)21/h3-6,12H,2,7-8H2,1H3/q+1. The largest absolute Gasteiger partial charge is 0.455 e. The molecule has 23 heavy (non-hydrogen) atoms. The van der Waals surface area contributed by atoms with Crippen LogP contribution in [0.1, 0.15) is 18.9 Å². The molecule has 0 radical (unpaired) electrons. The van der Waals surface area contributed by atoms with E-state index in [4.69, 9.17) is 4.74 Å². The van der Waals surface area contributed by atoms with Crippen LogP contribution in [-0.2, 0) is 32.0 Å². The minimum atomic E-state index is -0.634. The molecule has 2 heterocycles. The first-order chi connectivity index (χ1) is 11.0. The lowest BCUT2D eigenvalue weighted by Crippen LogP contribution is -2.56. The Bertz CT molecular complexity index is 703. The molecule has 0 bridgehead atoms. The van der Waals surface area contributed by atoms with Gasteiger partial charge >= 0.3 is 5.97 Å².